The molecule has 2 N–H and O–H groups in total. The normalized spacial score (nSPS) is 26.3. The van der Waals surface area contributed by atoms with Gasteiger partial charge in [-0.25, -0.2) is 0 Å². The van der Waals surface area contributed by atoms with Crippen LogP contribution < -0.4 is 5.73 Å². The molecule has 2 fully saturated rings. The van der Waals surface area contributed by atoms with E-state index in [9.17, 15) is 4.79 Å². The van der Waals surface area contributed by atoms with E-state index < -0.39 is 0 Å². The molecule has 19 heavy (non-hydrogen) atoms. The summed E-state index contributed by atoms with van der Waals surface area (Å²) in [7, 11) is 0. The van der Waals surface area contributed by atoms with E-state index in [2.05, 4.69) is 23.6 Å². The zero-order valence-corrected chi connectivity index (χ0v) is 12.5. The Balaban J connectivity index is 1.98. The van der Waals surface area contributed by atoms with Crippen LogP contribution in [0.3, 0.4) is 0 Å². The zero-order valence-electron chi connectivity index (χ0n) is 12.5. The number of hydrogen-bond acceptors (Lipinski definition) is 3. The number of nitrogens with two attached hydrogens (primary N) is 1. The van der Waals surface area contributed by atoms with E-state index in [1.54, 1.807) is 0 Å². The summed E-state index contributed by atoms with van der Waals surface area (Å²) in [5.41, 5.74) is 5.70. The van der Waals surface area contributed by atoms with E-state index in [-0.39, 0.29) is 5.41 Å². The molecular formula is C15H29N3O. The van der Waals surface area contributed by atoms with E-state index in [4.69, 9.17) is 5.73 Å². The third kappa shape index (κ3) is 2.79. The topological polar surface area (TPSA) is 49.6 Å². The summed E-state index contributed by atoms with van der Waals surface area (Å²) in [5.74, 6) is 0.335. The Morgan fingerprint density at radius 3 is 2.47 bits per heavy atom. The number of nitrogens with zero attached hydrogens (tertiary/aromatic N) is 2. The smallest absolute Gasteiger partial charge is 0.230 e. The van der Waals surface area contributed by atoms with Gasteiger partial charge in [0.1, 0.15) is 0 Å². The molecule has 4 heteroatoms. The SMILES string of the molecule is CCN(CC)C1CCN(C(=O)C2(CN)CCCC2)C1. The van der Waals surface area contributed by atoms with Crippen molar-refractivity contribution in [2.24, 2.45) is 11.1 Å². The molecule has 4 nitrogen and oxygen atoms in total. The molecule has 1 heterocycles. The van der Waals surface area contributed by atoms with Crippen LogP contribution in [0, 0.1) is 5.41 Å². The molecule has 2 rings (SSSR count). The standard InChI is InChI=1S/C15H29N3O/c1-3-17(4-2)13-7-10-18(11-13)14(19)15(12-16)8-5-6-9-15/h13H,3-12,16H2,1-2H3. The highest BCUT2D eigenvalue weighted by molar-refractivity contribution is 5.83. The van der Waals surface area contributed by atoms with Crippen LogP contribution in [0.4, 0.5) is 0 Å². The minimum Gasteiger partial charge on any atom is -0.341 e. The van der Waals surface area contributed by atoms with Crippen molar-refractivity contribution in [1.29, 1.82) is 0 Å². The van der Waals surface area contributed by atoms with E-state index in [1.807, 2.05) is 0 Å². The molecule has 1 saturated heterocycles. The van der Waals surface area contributed by atoms with Crippen molar-refractivity contribution >= 4 is 5.91 Å². The maximum Gasteiger partial charge on any atom is 0.230 e. The molecule has 0 aromatic rings. The minimum atomic E-state index is -0.224. The van der Waals surface area contributed by atoms with Gasteiger partial charge in [-0.1, -0.05) is 26.7 Å². The highest BCUT2D eigenvalue weighted by Gasteiger charge is 2.44. The second kappa shape index (κ2) is 6.23. The van der Waals surface area contributed by atoms with Gasteiger partial charge in [-0.3, -0.25) is 9.69 Å². The number of likely N-dealkylation sites (tertiary alicyclic amines) is 1. The lowest BCUT2D eigenvalue weighted by Gasteiger charge is -2.32. The molecule has 0 radical (unpaired) electrons. The number of amides is 1. The largest absolute Gasteiger partial charge is 0.341 e. The van der Waals surface area contributed by atoms with Crippen molar-refractivity contribution in [3.63, 3.8) is 0 Å². The average molecular weight is 267 g/mol. The van der Waals surface area contributed by atoms with Gasteiger partial charge < -0.3 is 10.6 Å². The van der Waals surface area contributed by atoms with Gasteiger partial charge in [0.2, 0.25) is 5.91 Å². The van der Waals surface area contributed by atoms with Crippen LogP contribution in [0.5, 0.6) is 0 Å². The summed E-state index contributed by atoms with van der Waals surface area (Å²) in [6.45, 7) is 8.90. The minimum absolute atomic E-state index is 0.224. The summed E-state index contributed by atoms with van der Waals surface area (Å²) in [5, 5.41) is 0. The Labute approximate surface area is 117 Å². The van der Waals surface area contributed by atoms with Crippen molar-refractivity contribution in [3.8, 4) is 0 Å². The predicted octanol–water partition coefficient (Wildman–Crippen LogP) is 1.45. The first kappa shape index (κ1) is 14.8. The van der Waals surface area contributed by atoms with Crippen LogP contribution in [-0.2, 0) is 4.79 Å². The summed E-state index contributed by atoms with van der Waals surface area (Å²) < 4.78 is 0. The van der Waals surface area contributed by atoms with Crippen molar-refractivity contribution in [2.75, 3.05) is 32.7 Å². The highest BCUT2D eigenvalue weighted by Crippen LogP contribution is 2.39. The second-order valence-corrected chi connectivity index (χ2v) is 6.11. The fraction of sp³-hybridized carbons (Fsp3) is 0.933. The van der Waals surface area contributed by atoms with Crippen LogP contribution in [0.2, 0.25) is 0 Å². The van der Waals surface area contributed by atoms with E-state index in [0.29, 0.717) is 18.5 Å². The maximum absolute atomic E-state index is 12.8. The van der Waals surface area contributed by atoms with Crippen LogP contribution >= 0.6 is 0 Å². The van der Waals surface area contributed by atoms with Gasteiger partial charge in [0.15, 0.2) is 0 Å². The zero-order chi connectivity index (χ0) is 13.9. The van der Waals surface area contributed by atoms with Gasteiger partial charge in [-0.15, -0.1) is 0 Å². The van der Waals surface area contributed by atoms with Gasteiger partial charge in [0.25, 0.3) is 0 Å². The van der Waals surface area contributed by atoms with Crippen molar-refractivity contribution in [2.45, 2.75) is 52.0 Å². The molecule has 1 amide bonds. The first-order chi connectivity index (χ1) is 9.16. The Morgan fingerprint density at radius 2 is 1.95 bits per heavy atom. The lowest BCUT2D eigenvalue weighted by Crippen LogP contribution is -2.47. The summed E-state index contributed by atoms with van der Waals surface area (Å²) in [6, 6.07) is 0.551. The summed E-state index contributed by atoms with van der Waals surface area (Å²) >= 11 is 0. The third-order valence-corrected chi connectivity index (χ3v) is 5.18. The molecule has 1 aliphatic heterocycles. The number of likely N-dealkylation sites (N-methyl/N-ethyl adjacent to an activating group) is 1. The van der Waals surface area contributed by atoms with Gasteiger partial charge >= 0.3 is 0 Å². The average Bonchev–Trinajstić information content (AvgIpc) is 3.09. The van der Waals surface area contributed by atoms with E-state index in [0.717, 1.165) is 58.3 Å². The van der Waals surface area contributed by atoms with Gasteiger partial charge in [0, 0.05) is 25.7 Å². The Morgan fingerprint density at radius 1 is 1.32 bits per heavy atom. The van der Waals surface area contributed by atoms with Crippen molar-refractivity contribution in [1.82, 2.24) is 9.80 Å². The third-order valence-electron chi connectivity index (χ3n) is 5.18. The van der Waals surface area contributed by atoms with Crippen molar-refractivity contribution < 1.29 is 4.79 Å². The molecule has 1 aliphatic carbocycles. The fourth-order valence-corrected chi connectivity index (χ4v) is 3.86. The highest BCUT2D eigenvalue weighted by atomic mass is 16.2. The lowest BCUT2D eigenvalue weighted by molar-refractivity contribution is -0.140. The maximum atomic E-state index is 12.8. The molecule has 2 aliphatic rings. The molecule has 1 saturated carbocycles. The Bertz CT molecular complexity index is 309. The molecule has 0 spiro atoms. The number of rotatable bonds is 5. The van der Waals surface area contributed by atoms with Crippen LogP contribution in [0.15, 0.2) is 0 Å². The monoisotopic (exact) mass is 267 g/mol. The Hall–Kier alpha value is -0.610. The quantitative estimate of drug-likeness (QED) is 0.820. The molecule has 0 aromatic carbocycles. The molecule has 1 atom stereocenters. The first-order valence-corrected chi connectivity index (χ1v) is 7.90. The molecule has 110 valence electrons. The Kier molecular flexibility index (Phi) is 4.85. The lowest BCUT2D eigenvalue weighted by atomic mass is 9.85. The van der Waals surface area contributed by atoms with Gasteiger partial charge in [0.05, 0.1) is 5.41 Å². The molecule has 1 unspecified atom stereocenters. The van der Waals surface area contributed by atoms with Crippen molar-refractivity contribution in [3.05, 3.63) is 0 Å². The molecule has 0 bridgehead atoms. The summed E-state index contributed by atoms with van der Waals surface area (Å²) in [6.07, 6.45) is 5.43. The second-order valence-electron chi connectivity index (χ2n) is 6.11. The van der Waals surface area contributed by atoms with Crippen LogP contribution in [0.1, 0.15) is 46.0 Å². The molecular weight excluding hydrogens is 238 g/mol. The number of hydrogen-bond donors (Lipinski definition) is 1. The predicted molar refractivity (Wildman–Crippen MR) is 77.9 cm³/mol. The van der Waals surface area contributed by atoms with Gasteiger partial charge in [-0.2, -0.15) is 0 Å². The number of carbonyl (C=O) groups is 1. The molecule has 0 aromatic heterocycles. The van der Waals surface area contributed by atoms with Crippen LogP contribution in [-0.4, -0.2) is 54.5 Å². The number of carbonyl (C=O) groups excluding carboxylic acids is 1. The van der Waals surface area contributed by atoms with Gasteiger partial charge in [-0.05, 0) is 32.4 Å². The van der Waals surface area contributed by atoms with E-state index in [1.165, 1.54) is 0 Å². The first-order valence-electron chi connectivity index (χ1n) is 7.90. The summed E-state index contributed by atoms with van der Waals surface area (Å²) in [4.78, 5) is 17.3. The van der Waals surface area contributed by atoms with E-state index >= 15 is 0 Å². The van der Waals surface area contributed by atoms with Crippen LogP contribution in [0.25, 0.3) is 0 Å². The fourth-order valence-electron chi connectivity index (χ4n) is 3.86.